The Kier molecular flexibility index (Phi) is 2.68. The van der Waals surface area contributed by atoms with Gasteiger partial charge in [-0.05, 0) is 18.2 Å². The van der Waals surface area contributed by atoms with Crippen LogP contribution >= 0.6 is 0 Å². The predicted octanol–water partition coefficient (Wildman–Crippen LogP) is 2.73. The fourth-order valence-electron chi connectivity index (χ4n) is 1.82. The molecule has 0 aliphatic rings. The number of furan rings is 1. The van der Waals surface area contributed by atoms with Crippen LogP contribution in [-0.2, 0) is 6.54 Å². The molecule has 3 rings (SSSR count). The van der Waals surface area contributed by atoms with Crippen molar-refractivity contribution >= 4 is 22.8 Å². The number of rotatable bonds is 4. The third-order valence-electron chi connectivity index (χ3n) is 2.76. The Morgan fingerprint density at radius 2 is 2.21 bits per heavy atom. The van der Waals surface area contributed by atoms with Gasteiger partial charge in [0.15, 0.2) is 12.0 Å². The summed E-state index contributed by atoms with van der Waals surface area (Å²) in [7, 11) is 0. The van der Waals surface area contributed by atoms with Gasteiger partial charge in [-0.2, -0.15) is 0 Å². The molecule has 0 fully saturated rings. The van der Waals surface area contributed by atoms with Crippen LogP contribution in [0.5, 0.6) is 0 Å². The van der Waals surface area contributed by atoms with E-state index in [0.717, 1.165) is 11.2 Å². The van der Waals surface area contributed by atoms with Crippen molar-refractivity contribution in [2.75, 3.05) is 5.32 Å². The van der Waals surface area contributed by atoms with Gasteiger partial charge < -0.3 is 19.3 Å². The van der Waals surface area contributed by atoms with E-state index >= 15 is 0 Å². The lowest BCUT2D eigenvalue weighted by Crippen LogP contribution is -2.04. The first kappa shape index (κ1) is 11.3. The van der Waals surface area contributed by atoms with Crippen molar-refractivity contribution in [3.63, 3.8) is 0 Å². The maximum atomic E-state index is 10.9. The summed E-state index contributed by atoms with van der Waals surface area (Å²) in [5.74, 6) is -1.12. The number of benzene rings is 1. The number of carbonyl (C=O) groups is 1. The van der Waals surface area contributed by atoms with E-state index in [4.69, 9.17) is 13.9 Å². The molecule has 0 aliphatic carbocycles. The normalized spacial score (nSPS) is 10.7. The highest BCUT2D eigenvalue weighted by Gasteiger charge is 2.13. The first-order chi connectivity index (χ1) is 9.24. The second-order valence-corrected chi connectivity index (χ2v) is 3.97. The summed E-state index contributed by atoms with van der Waals surface area (Å²) >= 11 is 0. The fraction of sp³-hybridized carbons (Fsp3) is 0.0769. The minimum absolute atomic E-state index is 0.0479. The maximum Gasteiger partial charge on any atom is 0.372 e. The summed E-state index contributed by atoms with van der Waals surface area (Å²) in [6.07, 6.45) is 2.74. The van der Waals surface area contributed by atoms with Gasteiger partial charge in [-0.1, -0.05) is 0 Å². The van der Waals surface area contributed by atoms with Crippen molar-refractivity contribution in [3.8, 4) is 0 Å². The van der Waals surface area contributed by atoms with Crippen LogP contribution in [0.4, 0.5) is 5.69 Å². The van der Waals surface area contributed by atoms with Gasteiger partial charge in [-0.25, -0.2) is 9.78 Å². The minimum atomic E-state index is -1.08. The average Bonchev–Trinajstić information content (AvgIpc) is 3.04. The van der Waals surface area contributed by atoms with Gasteiger partial charge >= 0.3 is 5.97 Å². The molecule has 0 amide bonds. The Morgan fingerprint density at radius 1 is 1.32 bits per heavy atom. The maximum absolute atomic E-state index is 10.9. The van der Waals surface area contributed by atoms with Crippen LogP contribution in [0.2, 0.25) is 0 Å². The van der Waals surface area contributed by atoms with E-state index in [1.165, 1.54) is 12.7 Å². The molecule has 0 saturated heterocycles. The molecular formula is C13H10N2O4. The molecule has 19 heavy (non-hydrogen) atoms. The molecule has 3 aromatic rings. The van der Waals surface area contributed by atoms with E-state index in [0.29, 0.717) is 17.7 Å². The van der Waals surface area contributed by atoms with Gasteiger partial charge in [0.25, 0.3) is 0 Å². The van der Waals surface area contributed by atoms with Gasteiger partial charge in [0.1, 0.15) is 5.52 Å². The zero-order valence-corrected chi connectivity index (χ0v) is 9.79. The Labute approximate surface area is 107 Å². The number of aromatic carboxylic acids is 1. The third kappa shape index (κ3) is 2.15. The number of nitrogens with one attached hydrogen (secondary N) is 1. The number of fused-ring (bicyclic) bond motifs is 1. The second-order valence-electron chi connectivity index (χ2n) is 3.97. The van der Waals surface area contributed by atoms with Crippen LogP contribution in [0.1, 0.15) is 16.1 Å². The zero-order chi connectivity index (χ0) is 13.2. The first-order valence-electron chi connectivity index (χ1n) is 5.61. The van der Waals surface area contributed by atoms with E-state index in [1.54, 1.807) is 6.07 Å². The molecule has 6 heteroatoms. The van der Waals surface area contributed by atoms with E-state index in [-0.39, 0.29) is 5.76 Å². The minimum Gasteiger partial charge on any atom is -0.475 e. The van der Waals surface area contributed by atoms with E-state index in [1.807, 2.05) is 18.2 Å². The summed E-state index contributed by atoms with van der Waals surface area (Å²) in [5, 5.41) is 12.0. The summed E-state index contributed by atoms with van der Waals surface area (Å²) < 4.78 is 10.1. The fourth-order valence-corrected chi connectivity index (χ4v) is 1.82. The standard InChI is InChI=1S/C13H10N2O4/c16-13(17)12-8(3-4-18-12)6-14-9-1-2-10-11(5-9)19-7-15-10/h1-5,7,14H,6H2,(H,16,17). The highest BCUT2D eigenvalue weighted by atomic mass is 16.4. The molecule has 96 valence electrons. The van der Waals surface area contributed by atoms with Crippen LogP contribution in [0.3, 0.4) is 0 Å². The number of oxazole rings is 1. The number of aromatic nitrogens is 1. The Balaban J connectivity index is 1.78. The Bertz CT molecular complexity index is 729. The molecule has 0 unspecified atom stereocenters. The van der Waals surface area contributed by atoms with Crippen molar-refractivity contribution in [3.05, 3.63) is 48.2 Å². The van der Waals surface area contributed by atoms with Gasteiger partial charge in [0, 0.05) is 23.9 Å². The number of carboxylic acid groups (broad SMARTS) is 1. The van der Waals surface area contributed by atoms with Crippen molar-refractivity contribution in [1.82, 2.24) is 4.98 Å². The number of nitrogens with zero attached hydrogens (tertiary/aromatic N) is 1. The summed E-state index contributed by atoms with van der Waals surface area (Å²) in [5.41, 5.74) is 2.86. The van der Waals surface area contributed by atoms with Gasteiger partial charge in [0.05, 0.1) is 6.26 Å². The van der Waals surface area contributed by atoms with Crippen LogP contribution in [0.25, 0.3) is 11.1 Å². The molecular weight excluding hydrogens is 248 g/mol. The lowest BCUT2D eigenvalue weighted by atomic mass is 10.2. The average molecular weight is 258 g/mol. The predicted molar refractivity (Wildman–Crippen MR) is 67.0 cm³/mol. The topological polar surface area (TPSA) is 88.5 Å². The van der Waals surface area contributed by atoms with E-state index in [2.05, 4.69) is 10.3 Å². The summed E-state index contributed by atoms with van der Waals surface area (Å²) in [6, 6.07) is 7.12. The second kappa shape index (κ2) is 4.49. The lowest BCUT2D eigenvalue weighted by molar-refractivity contribution is 0.0661. The molecule has 0 saturated carbocycles. The summed E-state index contributed by atoms with van der Waals surface area (Å²) in [4.78, 5) is 14.9. The molecule has 0 spiro atoms. The number of anilines is 1. The van der Waals surface area contributed by atoms with E-state index < -0.39 is 5.97 Å². The largest absolute Gasteiger partial charge is 0.475 e. The molecule has 0 bridgehead atoms. The summed E-state index contributed by atoms with van der Waals surface area (Å²) in [6.45, 7) is 0.359. The number of hydrogen-bond acceptors (Lipinski definition) is 5. The smallest absolute Gasteiger partial charge is 0.372 e. The van der Waals surface area contributed by atoms with Crippen LogP contribution in [-0.4, -0.2) is 16.1 Å². The Morgan fingerprint density at radius 3 is 3.05 bits per heavy atom. The molecule has 0 aliphatic heterocycles. The van der Waals surface area contributed by atoms with Gasteiger partial charge in [-0.3, -0.25) is 0 Å². The van der Waals surface area contributed by atoms with Crippen LogP contribution in [0.15, 0.2) is 45.8 Å². The van der Waals surface area contributed by atoms with Gasteiger partial charge in [-0.15, -0.1) is 0 Å². The van der Waals surface area contributed by atoms with Crippen LogP contribution in [0, 0.1) is 0 Å². The molecule has 0 radical (unpaired) electrons. The monoisotopic (exact) mass is 258 g/mol. The first-order valence-corrected chi connectivity index (χ1v) is 5.61. The van der Waals surface area contributed by atoms with Crippen molar-refractivity contribution < 1.29 is 18.7 Å². The molecule has 0 atom stereocenters. The molecule has 2 heterocycles. The quantitative estimate of drug-likeness (QED) is 0.748. The van der Waals surface area contributed by atoms with Crippen molar-refractivity contribution in [2.45, 2.75) is 6.54 Å². The lowest BCUT2D eigenvalue weighted by Gasteiger charge is -2.05. The van der Waals surface area contributed by atoms with Crippen molar-refractivity contribution in [1.29, 1.82) is 0 Å². The zero-order valence-electron chi connectivity index (χ0n) is 9.79. The Hall–Kier alpha value is -2.76. The van der Waals surface area contributed by atoms with Crippen molar-refractivity contribution in [2.24, 2.45) is 0 Å². The molecule has 2 N–H and O–H groups in total. The van der Waals surface area contributed by atoms with E-state index in [9.17, 15) is 4.79 Å². The highest BCUT2D eigenvalue weighted by Crippen LogP contribution is 2.19. The third-order valence-corrected chi connectivity index (χ3v) is 2.76. The number of carboxylic acids is 1. The number of hydrogen-bond donors (Lipinski definition) is 2. The van der Waals surface area contributed by atoms with Crippen LogP contribution < -0.4 is 5.32 Å². The SMILES string of the molecule is O=C(O)c1occc1CNc1ccc2ncoc2c1. The van der Waals surface area contributed by atoms with Gasteiger partial charge in [0.2, 0.25) is 5.76 Å². The molecule has 6 nitrogen and oxygen atoms in total. The molecule has 1 aromatic carbocycles. The highest BCUT2D eigenvalue weighted by molar-refractivity contribution is 5.86. The molecule has 2 aromatic heterocycles.